The topological polar surface area (TPSA) is 37.3 Å². The zero-order chi connectivity index (χ0) is 15.7. The van der Waals surface area contributed by atoms with Crippen molar-refractivity contribution in [2.75, 3.05) is 0 Å². The van der Waals surface area contributed by atoms with Crippen molar-refractivity contribution in [1.82, 2.24) is 0 Å². The molecule has 1 aromatic carbocycles. The molecule has 0 spiro atoms. The molecule has 0 unspecified atom stereocenters. The molecule has 1 aromatic rings. The van der Waals surface area contributed by atoms with Gasteiger partial charge in [0.15, 0.2) is 6.29 Å². The number of fused-ring (bicyclic) bond motifs is 4. The highest BCUT2D eigenvalue weighted by Crippen LogP contribution is 2.60. The van der Waals surface area contributed by atoms with Crippen LogP contribution in [0.2, 0.25) is 0 Å². The SMILES string of the molecule is O=Cc1c(C23CCC(CC2)C3)ccc(C23CCC(CC2)C3)c1O. The van der Waals surface area contributed by atoms with Crippen molar-refractivity contribution in [1.29, 1.82) is 0 Å². The maximum atomic E-state index is 11.9. The predicted molar refractivity (Wildman–Crippen MR) is 90.0 cm³/mol. The van der Waals surface area contributed by atoms with Gasteiger partial charge < -0.3 is 5.11 Å². The molecular formula is C21H26O2. The second-order valence-corrected chi connectivity index (χ2v) is 8.90. The first-order chi connectivity index (χ1) is 11.2. The normalized spacial score (nSPS) is 40.9. The van der Waals surface area contributed by atoms with Crippen molar-refractivity contribution < 1.29 is 9.90 Å². The Bertz CT molecular complexity index is 659. The quantitative estimate of drug-likeness (QED) is 0.809. The molecule has 0 amide bonds. The molecule has 4 aliphatic carbocycles. The van der Waals surface area contributed by atoms with Gasteiger partial charge in [-0.3, -0.25) is 4.79 Å². The fourth-order valence-corrected chi connectivity index (χ4v) is 6.76. The van der Waals surface area contributed by atoms with E-state index in [1.807, 2.05) is 0 Å². The van der Waals surface area contributed by atoms with Crippen LogP contribution < -0.4 is 0 Å². The van der Waals surface area contributed by atoms with Gasteiger partial charge in [0.1, 0.15) is 5.75 Å². The molecule has 4 saturated carbocycles. The van der Waals surface area contributed by atoms with Crippen molar-refractivity contribution in [3.63, 3.8) is 0 Å². The Kier molecular flexibility index (Phi) is 2.82. The van der Waals surface area contributed by atoms with E-state index < -0.39 is 0 Å². The van der Waals surface area contributed by atoms with Crippen molar-refractivity contribution in [2.45, 2.75) is 75.0 Å². The van der Waals surface area contributed by atoms with Gasteiger partial charge in [-0.25, -0.2) is 0 Å². The molecule has 4 aliphatic rings. The minimum absolute atomic E-state index is 0.163. The minimum Gasteiger partial charge on any atom is -0.507 e. The van der Waals surface area contributed by atoms with E-state index in [4.69, 9.17) is 0 Å². The summed E-state index contributed by atoms with van der Waals surface area (Å²) >= 11 is 0. The third-order valence-corrected chi connectivity index (χ3v) is 7.96. The summed E-state index contributed by atoms with van der Waals surface area (Å²) in [6, 6.07) is 4.40. The van der Waals surface area contributed by atoms with E-state index in [0.717, 1.165) is 29.2 Å². The van der Waals surface area contributed by atoms with Crippen LogP contribution in [0.1, 0.15) is 85.7 Å². The molecule has 0 heterocycles. The monoisotopic (exact) mass is 310 g/mol. The molecule has 0 saturated heterocycles. The molecule has 4 bridgehead atoms. The fraction of sp³-hybridized carbons (Fsp3) is 0.667. The molecule has 5 rings (SSSR count). The lowest BCUT2D eigenvalue weighted by molar-refractivity contribution is 0.111. The number of phenols is 1. The first-order valence-corrected chi connectivity index (χ1v) is 9.48. The van der Waals surface area contributed by atoms with Gasteiger partial charge in [-0.05, 0) is 92.4 Å². The van der Waals surface area contributed by atoms with Crippen LogP contribution in [0.15, 0.2) is 12.1 Å². The Morgan fingerprint density at radius 1 is 0.870 bits per heavy atom. The second kappa shape index (κ2) is 4.62. The Balaban J connectivity index is 1.62. The Morgan fingerprint density at radius 3 is 1.78 bits per heavy atom. The summed E-state index contributed by atoms with van der Waals surface area (Å²) in [6.07, 6.45) is 13.3. The summed E-state index contributed by atoms with van der Waals surface area (Å²) < 4.78 is 0. The molecule has 23 heavy (non-hydrogen) atoms. The van der Waals surface area contributed by atoms with E-state index in [-0.39, 0.29) is 10.8 Å². The fourth-order valence-electron chi connectivity index (χ4n) is 6.76. The summed E-state index contributed by atoms with van der Waals surface area (Å²) in [7, 11) is 0. The Hall–Kier alpha value is -1.31. The molecule has 2 nitrogen and oxygen atoms in total. The number of hydrogen-bond donors (Lipinski definition) is 1. The van der Waals surface area contributed by atoms with Crippen LogP contribution in [0.25, 0.3) is 0 Å². The van der Waals surface area contributed by atoms with Crippen molar-refractivity contribution in [2.24, 2.45) is 11.8 Å². The standard InChI is InChI=1S/C21H26O2/c22-13-16-17(20-7-3-14(11-20)4-8-20)1-2-18(19(16)23)21-9-5-15(12-21)6-10-21/h1-2,13-15,23H,3-12H2. The molecule has 122 valence electrons. The van der Waals surface area contributed by atoms with Crippen LogP contribution in [0.5, 0.6) is 5.75 Å². The van der Waals surface area contributed by atoms with Gasteiger partial charge in [-0.1, -0.05) is 12.1 Å². The summed E-state index contributed by atoms with van der Waals surface area (Å²) in [4.78, 5) is 11.9. The van der Waals surface area contributed by atoms with Gasteiger partial charge in [-0.15, -0.1) is 0 Å². The lowest BCUT2D eigenvalue weighted by Crippen LogP contribution is -2.24. The van der Waals surface area contributed by atoms with E-state index in [1.165, 1.54) is 64.2 Å². The van der Waals surface area contributed by atoms with Crippen LogP contribution in [0.4, 0.5) is 0 Å². The highest BCUT2D eigenvalue weighted by Gasteiger charge is 2.50. The van der Waals surface area contributed by atoms with Gasteiger partial charge in [-0.2, -0.15) is 0 Å². The molecule has 0 atom stereocenters. The third-order valence-electron chi connectivity index (χ3n) is 7.96. The van der Waals surface area contributed by atoms with Crippen molar-refractivity contribution in [3.05, 3.63) is 28.8 Å². The number of rotatable bonds is 3. The molecule has 4 fully saturated rings. The van der Waals surface area contributed by atoms with Gasteiger partial charge in [0, 0.05) is 5.56 Å². The zero-order valence-corrected chi connectivity index (χ0v) is 13.8. The summed E-state index contributed by atoms with van der Waals surface area (Å²) in [5.74, 6) is 2.02. The summed E-state index contributed by atoms with van der Waals surface area (Å²) in [6.45, 7) is 0. The highest BCUT2D eigenvalue weighted by molar-refractivity contribution is 5.83. The third kappa shape index (κ3) is 1.78. The van der Waals surface area contributed by atoms with Gasteiger partial charge >= 0.3 is 0 Å². The summed E-state index contributed by atoms with van der Waals surface area (Å²) in [5, 5.41) is 11.0. The van der Waals surface area contributed by atoms with Crippen LogP contribution in [0, 0.1) is 11.8 Å². The maximum Gasteiger partial charge on any atom is 0.154 e. The number of aldehydes is 1. The smallest absolute Gasteiger partial charge is 0.154 e. The molecule has 0 aliphatic heterocycles. The van der Waals surface area contributed by atoms with E-state index in [1.54, 1.807) is 0 Å². The lowest BCUT2D eigenvalue weighted by Gasteiger charge is -2.32. The highest BCUT2D eigenvalue weighted by atomic mass is 16.3. The Labute approximate surface area is 138 Å². The molecule has 0 aromatic heterocycles. The van der Waals surface area contributed by atoms with Gasteiger partial charge in [0.25, 0.3) is 0 Å². The van der Waals surface area contributed by atoms with Crippen LogP contribution in [-0.4, -0.2) is 11.4 Å². The van der Waals surface area contributed by atoms with Crippen molar-refractivity contribution in [3.8, 4) is 5.75 Å². The van der Waals surface area contributed by atoms with E-state index in [0.29, 0.717) is 11.3 Å². The Morgan fingerprint density at radius 2 is 1.35 bits per heavy atom. The molecule has 0 radical (unpaired) electrons. The predicted octanol–water partition coefficient (Wildman–Crippen LogP) is 4.87. The number of hydrogen-bond acceptors (Lipinski definition) is 2. The maximum absolute atomic E-state index is 11.9. The first-order valence-electron chi connectivity index (χ1n) is 9.48. The average Bonchev–Trinajstić information content (AvgIpc) is 3.35. The van der Waals surface area contributed by atoms with Crippen molar-refractivity contribution >= 4 is 6.29 Å². The molecule has 2 heteroatoms. The van der Waals surface area contributed by atoms with Crippen LogP contribution in [0.3, 0.4) is 0 Å². The van der Waals surface area contributed by atoms with Crippen LogP contribution >= 0.6 is 0 Å². The van der Waals surface area contributed by atoms with E-state index >= 15 is 0 Å². The number of aromatic hydroxyl groups is 1. The van der Waals surface area contributed by atoms with E-state index in [9.17, 15) is 9.90 Å². The molecule has 1 N–H and O–H groups in total. The number of phenolic OH excluding ortho intramolecular Hbond substituents is 1. The number of carbonyl (C=O) groups is 1. The average molecular weight is 310 g/mol. The van der Waals surface area contributed by atoms with Gasteiger partial charge in [0.2, 0.25) is 0 Å². The molecular weight excluding hydrogens is 284 g/mol. The lowest BCUT2D eigenvalue weighted by atomic mass is 9.72. The largest absolute Gasteiger partial charge is 0.507 e. The number of benzene rings is 1. The zero-order valence-electron chi connectivity index (χ0n) is 13.8. The first kappa shape index (κ1) is 14.1. The van der Waals surface area contributed by atoms with Crippen LogP contribution in [-0.2, 0) is 10.8 Å². The summed E-state index contributed by atoms with van der Waals surface area (Å²) in [5.41, 5.74) is 3.19. The van der Waals surface area contributed by atoms with E-state index in [2.05, 4.69) is 12.1 Å². The second-order valence-electron chi connectivity index (χ2n) is 8.90. The van der Waals surface area contributed by atoms with Gasteiger partial charge in [0.05, 0.1) is 5.56 Å². The number of carbonyl (C=O) groups excluding carboxylic acids is 1. The minimum atomic E-state index is 0.163.